The zero-order valence-electron chi connectivity index (χ0n) is 12.8. The van der Waals surface area contributed by atoms with Crippen molar-refractivity contribution in [1.29, 1.82) is 0 Å². The van der Waals surface area contributed by atoms with Gasteiger partial charge in [-0.3, -0.25) is 9.59 Å². The summed E-state index contributed by atoms with van der Waals surface area (Å²) in [6.45, 7) is 3.14. The molecule has 1 saturated heterocycles. The van der Waals surface area contributed by atoms with Gasteiger partial charge in [-0.2, -0.15) is 0 Å². The number of aromatic nitrogens is 1. The lowest BCUT2D eigenvalue weighted by atomic mass is 10.1. The van der Waals surface area contributed by atoms with Gasteiger partial charge in [0.2, 0.25) is 5.91 Å². The predicted octanol–water partition coefficient (Wildman–Crippen LogP) is 2.11. The van der Waals surface area contributed by atoms with Crippen molar-refractivity contribution in [3.63, 3.8) is 0 Å². The Morgan fingerprint density at radius 3 is 2.74 bits per heavy atom. The molecule has 1 unspecified atom stereocenters. The highest BCUT2D eigenvalue weighted by Crippen LogP contribution is 2.22. The van der Waals surface area contributed by atoms with E-state index in [1.54, 1.807) is 41.8 Å². The number of anilines is 2. The quantitative estimate of drug-likeness (QED) is 0.900. The lowest BCUT2D eigenvalue weighted by Crippen LogP contribution is -2.37. The normalized spacial score (nSPS) is 17.1. The van der Waals surface area contributed by atoms with Crippen LogP contribution in [0.1, 0.15) is 23.7 Å². The van der Waals surface area contributed by atoms with Crippen molar-refractivity contribution in [1.82, 2.24) is 10.3 Å². The van der Waals surface area contributed by atoms with Crippen LogP contribution in [-0.4, -0.2) is 35.9 Å². The fourth-order valence-corrected chi connectivity index (χ4v) is 3.28. The molecule has 23 heavy (non-hydrogen) atoms. The van der Waals surface area contributed by atoms with E-state index < -0.39 is 0 Å². The van der Waals surface area contributed by atoms with E-state index in [1.165, 1.54) is 6.92 Å². The molecule has 1 aromatic carbocycles. The van der Waals surface area contributed by atoms with E-state index in [2.05, 4.69) is 20.5 Å². The Bertz CT molecular complexity index is 685. The topological polar surface area (TPSA) is 74.3 Å². The largest absolute Gasteiger partial charge is 0.347 e. The molecule has 2 amide bonds. The molecular weight excluding hydrogens is 312 g/mol. The maximum atomic E-state index is 12.3. The number of nitrogens with zero attached hydrogens (tertiary/aromatic N) is 2. The van der Waals surface area contributed by atoms with E-state index in [-0.39, 0.29) is 17.9 Å². The van der Waals surface area contributed by atoms with Crippen LogP contribution >= 0.6 is 11.3 Å². The molecule has 3 rings (SSSR count). The first-order chi connectivity index (χ1) is 11.1. The van der Waals surface area contributed by atoms with Crippen LogP contribution in [0.4, 0.5) is 10.8 Å². The fraction of sp³-hybridized carbons (Fsp3) is 0.312. The van der Waals surface area contributed by atoms with Gasteiger partial charge in [-0.1, -0.05) is 0 Å². The van der Waals surface area contributed by atoms with E-state index >= 15 is 0 Å². The van der Waals surface area contributed by atoms with Crippen molar-refractivity contribution in [2.75, 3.05) is 23.3 Å². The van der Waals surface area contributed by atoms with Crippen LogP contribution in [0.15, 0.2) is 35.8 Å². The monoisotopic (exact) mass is 330 g/mol. The Morgan fingerprint density at radius 1 is 1.30 bits per heavy atom. The van der Waals surface area contributed by atoms with Crippen LogP contribution < -0.4 is 15.5 Å². The molecule has 1 fully saturated rings. The summed E-state index contributed by atoms with van der Waals surface area (Å²) in [4.78, 5) is 29.8. The van der Waals surface area contributed by atoms with Gasteiger partial charge in [0.05, 0.1) is 0 Å². The molecule has 7 heteroatoms. The van der Waals surface area contributed by atoms with Gasteiger partial charge in [0.1, 0.15) is 0 Å². The molecule has 2 N–H and O–H groups in total. The lowest BCUT2D eigenvalue weighted by Gasteiger charge is -2.16. The minimum absolute atomic E-state index is 0.0923. The third-order valence-corrected chi connectivity index (χ3v) is 4.51. The number of hydrogen-bond acceptors (Lipinski definition) is 5. The number of carbonyl (C=O) groups excluding carboxylic acids is 2. The van der Waals surface area contributed by atoms with E-state index in [0.717, 1.165) is 24.6 Å². The molecule has 0 radical (unpaired) electrons. The van der Waals surface area contributed by atoms with Gasteiger partial charge < -0.3 is 15.5 Å². The summed E-state index contributed by atoms with van der Waals surface area (Å²) in [7, 11) is 0. The molecule has 0 bridgehead atoms. The van der Waals surface area contributed by atoms with Crippen LogP contribution in [0.5, 0.6) is 0 Å². The van der Waals surface area contributed by atoms with E-state index in [1.807, 2.05) is 5.38 Å². The van der Waals surface area contributed by atoms with Gasteiger partial charge in [0, 0.05) is 48.9 Å². The summed E-state index contributed by atoms with van der Waals surface area (Å²) in [5.41, 5.74) is 1.27. The number of thiazole rings is 1. The fourth-order valence-electron chi connectivity index (χ4n) is 2.60. The summed E-state index contributed by atoms with van der Waals surface area (Å²) >= 11 is 1.61. The SMILES string of the molecule is CC(=O)Nc1ccc(C(=O)NC2CCN(c3nccs3)C2)cc1. The molecule has 2 heterocycles. The number of carbonyl (C=O) groups is 2. The molecule has 0 saturated carbocycles. The third-order valence-electron chi connectivity index (χ3n) is 3.68. The Hall–Kier alpha value is -2.41. The number of benzene rings is 1. The van der Waals surface area contributed by atoms with Gasteiger partial charge in [-0.25, -0.2) is 4.98 Å². The molecular formula is C16H18N4O2S. The molecule has 2 aromatic rings. The Kier molecular flexibility index (Phi) is 4.57. The van der Waals surface area contributed by atoms with Gasteiger partial charge >= 0.3 is 0 Å². The van der Waals surface area contributed by atoms with Gasteiger partial charge in [0.15, 0.2) is 5.13 Å². The number of nitrogens with one attached hydrogen (secondary N) is 2. The number of hydrogen-bond donors (Lipinski definition) is 2. The smallest absolute Gasteiger partial charge is 0.251 e. The van der Waals surface area contributed by atoms with Crippen molar-refractivity contribution in [3.8, 4) is 0 Å². The summed E-state index contributed by atoms with van der Waals surface area (Å²) in [5.74, 6) is -0.221. The molecule has 1 aromatic heterocycles. The molecule has 1 aliphatic rings. The summed E-state index contributed by atoms with van der Waals surface area (Å²) in [6, 6.07) is 7.02. The van der Waals surface area contributed by atoms with E-state index in [0.29, 0.717) is 11.3 Å². The van der Waals surface area contributed by atoms with Crippen molar-refractivity contribution >= 4 is 34.0 Å². The summed E-state index contributed by atoms with van der Waals surface area (Å²) in [6.07, 6.45) is 2.71. The average Bonchev–Trinajstić information content (AvgIpc) is 3.18. The maximum Gasteiger partial charge on any atom is 0.251 e. The maximum absolute atomic E-state index is 12.3. The van der Waals surface area contributed by atoms with Gasteiger partial charge in [0.25, 0.3) is 5.91 Å². The van der Waals surface area contributed by atoms with E-state index in [4.69, 9.17) is 0 Å². The predicted molar refractivity (Wildman–Crippen MR) is 90.9 cm³/mol. The molecule has 120 valence electrons. The second kappa shape index (κ2) is 6.78. The Labute approximate surface area is 138 Å². The van der Waals surface area contributed by atoms with Crippen LogP contribution in [0, 0.1) is 0 Å². The molecule has 0 aliphatic carbocycles. The van der Waals surface area contributed by atoms with Crippen LogP contribution in [-0.2, 0) is 4.79 Å². The second-order valence-electron chi connectivity index (χ2n) is 5.48. The van der Waals surface area contributed by atoms with Crippen LogP contribution in [0.3, 0.4) is 0 Å². The van der Waals surface area contributed by atoms with Crippen molar-refractivity contribution in [3.05, 3.63) is 41.4 Å². The molecule has 1 aliphatic heterocycles. The van der Waals surface area contributed by atoms with Crippen LogP contribution in [0.2, 0.25) is 0 Å². The highest BCUT2D eigenvalue weighted by atomic mass is 32.1. The lowest BCUT2D eigenvalue weighted by molar-refractivity contribution is -0.114. The standard InChI is InChI=1S/C16H18N4O2S/c1-11(21)18-13-4-2-12(3-5-13)15(22)19-14-6-8-20(10-14)16-17-7-9-23-16/h2-5,7,9,14H,6,8,10H2,1H3,(H,18,21)(H,19,22). The molecule has 1 atom stereocenters. The number of rotatable bonds is 4. The van der Waals surface area contributed by atoms with E-state index in [9.17, 15) is 9.59 Å². The minimum atomic E-state index is -0.129. The summed E-state index contributed by atoms with van der Waals surface area (Å²) in [5, 5.41) is 8.70. The first-order valence-electron chi connectivity index (χ1n) is 7.45. The van der Waals surface area contributed by atoms with Crippen molar-refractivity contribution in [2.45, 2.75) is 19.4 Å². The first kappa shape index (κ1) is 15.5. The van der Waals surface area contributed by atoms with Crippen LogP contribution in [0.25, 0.3) is 0 Å². The van der Waals surface area contributed by atoms with Crippen molar-refractivity contribution < 1.29 is 9.59 Å². The molecule has 0 spiro atoms. The summed E-state index contributed by atoms with van der Waals surface area (Å²) < 4.78 is 0. The minimum Gasteiger partial charge on any atom is -0.347 e. The third kappa shape index (κ3) is 3.87. The Balaban J connectivity index is 1.56. The molecule has 6 nitrogen and oxygen atoms in total. The zero-order chi connectivity index (χ0) is 16.2. The highest BCUT2D eigenvalue weighted by molar-refractivity contribution is 7.13. The van der Waals surface area contributed by atoms with Crippen molar-refractivity contribution in [2.24, 2.45) is 0 Å². The first-order valence-corrected chi connectivity index (χ1v) is 8.33. The van der Waals surface area contributed by atoms with Gasteiger partial charge in [-0.15, -0.1) is 11.3 Å². The highest BCUT2D eigenvalue weighted by Gasteiger charge is 2.25. The average molecular weight is 330 g/mol. The number of amides is 2. The van der Waals surface area contributed by atoms with Gasteiger partial charge in [-0.05, 0) is 30.7 Å². The second-order valence-corrected chi connectivity index (χ2v) is 6.35. The Morgan fingerprint density at radius 2 is 2.09 bits per heavy atom. The zero-order valence-corrected chi connectivity index (χ0v) is 13.6.